The zero-order chi connectivity index (χ0) is 16.5. The standard InChI is InChI=1S/C18H23N5O/c1-2-23-16-9-14-13(8-15(16)22-18(23)24)17(21-11-20-14)19-10-12-6-4-3-5-7-12/h8-9,11-12H,2-7,10H2,1H3,(H,22,24)(H,19,20,21). The number of H-pyrrole nitrogens is 1. The molecule has 4 rings (SSSR count). The number of rotatable bonds is 4. The van der Waals surface area contributed by atoms with Crippen molar-refractivity contribution < 1.29 is 0 Å². The molecule has 0 spiro atoms. The van der Waals surface area contributed by atoms with Gasteiger partial charge in [0.1, 0.15) is 12.1 Å². The third kappa shape index (κ3) is 2.66. The minimum Gasteiger partial charge on any atom is -0.369 e. The fourth-order valence-electron chi connectivity index (χ4n) is 3.79. The lowest BCUT2D eigenvalue weighted by Gasteiger charge is -2.22. The van der Waals surface area contributed by atoms with Gasteiger partial charge in [0.05, 0.1) is 16.6 Å². The number of imidazole rings is 1. The first-order chi connectivity index (χ1) is 11.8. The number of benzene rings is 1. The van der Waals surface area contributed by atoms with Crippen LogP contribution in [-0.4, -0.2) is 26.1 Å². The molecule has 6 nitrogen and oxygen atoms in total. The van der Waals surface area contributed by atoms with Gasteiger partial charge in [-0.15, -0.1) is 0 Å². The van der Waals surface area contributed by atoms with E-state index in [0.717, 1.165) is 40.2 Å². The highest BCUT2D eigenvalue weighted by Gasteiger charge is 2.15. The molecule has 1 fully saturated rings. The number of anilines is 1. The molecule has 1 aliphatic rings. The molecule has 1 saturated carbocycles. The number of hydrogen-bond acceptors (Lipinski definition) is 4. The summed E-state index contributed by atoms with van der Waals surface area (Å²) in [4.78, 5) is 23.8. The van der Waals surface area contributed by atoms with Crippen LogP contribution in [-0.2, 0) is 6.54 Å². The van der Waals surface area contributed by atoms with Crippen LogP contribution in [0.3, 0.4) is 0 Å². The van der Waals surface area contributed by atoms with E-state index in [4.69, 9.17) is 0 Å². The molecule has 126 valence electrons. The second kappa shape index (κ2) is 6.26. The molecule has 1 aromatic carbocycles. The van der Waals surface area contributed by atoms with Crippen molar-refractivity contribution in [3.05, 3.63) is 28.9 Å². The summed E-state index contributed by atoms with van der Waals surface area (Å²) in [5.41, 5.74) is 2.52. The van der Waals surface area contributed by atoms with Gasteiger partial charge in [-0.3, -0.25) is 4.57 Å². The van der Waals surface area contributed by atoms with Gasteiger partial charge < -0.3 is 10.3 Å². The van der Waals surface area contributed by atoms with Gasteiger partial charge >= 0.3 is 5.69 Å². The quantitative estimate of drug-likeness (QED) is 0.772. The molecule has 0 amide bonds. The number of hydrogen-bond donors (Lipinski definition) is 2. The molecule has 24 heavy (non-hydrogen) atoms. The zero-order valence-electron chi connectivity index (χ0n) is 14.0. The van der Waals surface area contributed by atoms with Crippen LogP contribution in [0.1, 0.15) is 39.0 Å². The second-order valence-corrected chi connectivity index (χ2v) is 6.67. The van der Waals surface area contributed by atoms with Crippen molar-refractivity contribution in [1.82, 2.24) is 19.5 Å². The van der Waals surface area contributed by atoms with Gasteiger partial charge in [-0.2, -0.15) is 0 Å². The van der Waals surface area contributed by atoms with E-state index in [1.165, 1.54) is 32.1 Å². The average Bonchev–Trinajstić information content (AvgIpc) is 2.93. The maximum absolute atomic E-state index is 12.0. The van der Waals surface area contributed by atoms with Crippen molar-refractivity contribution in [2.45, 2.75) is 45.6 Å². The third-order valence-electron chi connectivity index (χ3n) is 5.13. The van der Waals surface area contributed by atoms with E-state index in [0.29, 0.717) is 6.54 Å². The van der Waals surface area contributed by atoms with Crippen LogP contribution < -0.4 is 11.0 Å². The van der Waals surface area contributed by atoms with Crippen molar-refractivity contribution in [3.63, 3.8) is 0 Å². The molecule has 2 N–H and O–H groups in total. The first-order valence-electron chi connectivity index (χ1n) is 8.87. The highest BCUT2D eigenvalue weighted by Crippen LogP contribution is 2.27. The molecule has 0 bridgehead atoms. The van der Waals surface area contributed by atoms with E-state index in [-0.39, 0.29) is 5.69 Å². The fourth-order valence-corrected chi connectivity index (χ4v) is 3.79. The predicted molar refractivity (Wildman–Crippen MR) is 96.4 cm³/mol. The van der Waals surface area contributed by atoms with E-state index in [1.807, 2.05) is 19.1 Å². The highest BCUT2D eigenvalue weighted by molar-refractivity contribution is 5.98. The zero-order valence-corrected chi connectivity index (χ0v) is 14.0. The molecule has 2 aromatic heterocycles. The molecule has 1 aliphatic carbocycles. The van der Waals surface area contributed by atoms with Gasteiger partial charge in [-0.25, -0.2) is 14.8 Å². The van der Waals surface area contributed by atoms with Gasteiger partial charge in [-0.1, -0.05) is 19.3 Å². The number of aromatic nitrogens is 4. The van der Waals surface area contributed by atoms with Crippen molar-refractivity contribution in [2.75, 3.05) is 11.9 Å². The lowest BCUT2D eigenvalue weighted by Crippen LogP contribution is -2.17. The maximum atomic E-state index is 12.0. The molecule has 0 radical (unpaired) electrons. The smallest absolute Gasteiger partial charge is 0.326 e. The summed E-state index contributed by atoms with van der Waals surface area (Å²) in [7, 11) is 0. The summed E-state index contributed by atoms with van der Waals surface area (Å²) in [5.74, 6) is 1.59. The minimum absolute atomic E-state index is 0.0764. The van der Waals surface area contributed by atoms with Gasteiger partial charge in [0.25, 0.3) is 0 Å². The molecule has 0 aliphatic heterocycles. The molecular formula is C18H23N5O. The molecule has 0 unspecified atom stereocenters. The Hall–Kier alpha value is -2.37. The Morgan fingerprint density at radius 3 is 2.88 bits per heavy atom. The van der Waals surface area contributed by atoms with E-state index in [2.05, 4.69) is 20.3 Å². The summed E-state index contributed by atoms with van der Waals surface area (Å²) in [6.07, 6.45) is 8.23. The first kappa shape index (κ1) is 15.2. The fraction of sp³-hybridized carbons (Fsp3) is 0.500. The Balaban J connectivity index is 1.70. The predicted octanol–water partition coefficient (Wildman–Crippen LogP) is 3.28. The topological polar surface area (TPSA) is 75.6 Å². The summed E-state index contributed by atoms with van der Waals surface area (Å²) in [6.45, 7) is 3.56. The maximum Gasteiger partial charge on any atom is 0.326 e. The van der Waals surface area contributed by atoms with Crippen LogP contribution >= 0.6 is 0 Å². The van der Waals surface area contributed by atoms with E-state index in [9.17, 15) is 4.79 Å². The monoisotopic (exact) mass is 325 g/mol. The third-order valence-corrected chi connectivity index (χ3v) is 5.13. The average molecular weight is 325 g/mol. The van der Waals surface area contributed by atoms with Crippen LogP contribution in [0.5, 0.6) is 0 Å². The SMILES string of the molecule is CCn1c(=O)[nH]c2cc3c(NCC4CCCCC4)ncnc3cc21. The Labute approximate surface area is 140 Å². The van der Waals surface area contributed by atoms with Gasteiger partial charge in [0.2, 0.25) is 0 Å². The Kier molecular flexibility index (Phi) is 3.96. The number of nitrogens with zero attached hydrogens (tertiary/aromatic N) is 3. The largest absolute Gasteiger partial charge is 0.369 e. The lowest BCUT2D eigenvalue weighted by atomic mass is 9.89. The van der Waals surface area contributed by atoms with Crippen molar-refractivity contribution >= 4 is 27.8 Å². The van der Waals surface area contributed by atoms with E-state index in [1.54, 1.807) is 10.9 Å². The molecular weight excluding hydrogens is 302 g/mol. The normalized spacial score (nSPS) is 16.0. The van der Waals surface area contributed by atoms with E-state index < -0.39 is 0 Å². The van der Waals surface area contributed by atoms with Crippen molar-refractivity contribution in [1.29, 1.82) is 0 Å². The number of nitrogens with one attached hydrogen (secondary N) is 2. The van der Waals surface area contributed by atoms with Gasteiger partial charge in [0.15, 0.2) is 0 Å². The van der Waals surface area contributed by atoms with Crippen molar-refractivity contribution in [3.8, 4) is 0 Å². The second-order valence-electron chi connectivity index (χ2n) is 6.67. The molecule has 3 aromatic rings. The van der Waals surface area contributed by atoms with Crippen molar-refractivity contribution in [2.24, 2.45) is 5.92 Å². The number of fused-ring (bicyclic) bond motifs is 2. The summed E-state index contributed by atoms with van der Waals surface area (Å²) >= 11 is 0. The summed E-state index contributed by atoms with van der Waals surface area (Å²) < 4.78 is 1.73. The molecule has 0 saturated heterocycles. The Morgan fingerprint density at radius 1 is 1.25 bits per heavy atom. The van der Waals surface area contributed by atoms with Gasteiger partial charge in [-0.05, 0) is 37.8 Å². The summed E-state index contributed by atoms with van der Waals surface area (Å²) in [5, 5.41) is 4.47. The Morgan fingerprint density at radius 2 is 2.08 bits per heavy atom. The van der Waals surface area contributed by atoms with E-state index >= 15 is 0 Å². The Bertz CT molecular complexity index is 920. The number of aryl methyl sites for hydroxylation is 1. The highest BCUT2D eigenvalue weighted by atomic mass is 16.1. The first-order valence-corrected chi connectivity index (χ1v) is 8.87. The molecule has 6 heteroatoms. The lowest BCUT2D eigenvalue weighted by molar-refractivity contribution is 0.373. The summed E-state index contributed by atoms with van der Waals surface area (Å²) in [6, 6.07) is 3.96. The molecule has 0 atom stereocenters. The number of aromatic amines is 1. The minimum atomic E-state index is -0.0764. The van der Waals surface area contributed by atoms with Gasteiger partial charge in [0, 0.05) is 18.5 Å². The van der Waals surface area contributed by atoms with Crippen LogP contribution in [0.25, 0.3) is 21.9 Å². The van der Waals surface area contributed by atoms with Crippen LogP contribution in [0.15, 0.2) is 23.3 Å². The van der Waals surface area contributed by atoms with Crippen LogP contribution in [0.4, 0.5) is 5.82 Å². The van der Waals surface area contributed by atoms with Crippen LogP contribution in [0, 0.1) is 5.92 Å². The molecule has 2 heterocycles. The van der Waals surface area contributed by atoms with Crippen LogP contribution in [0.2, 0.25) is 0 Å².